The van der Waals surface area contributed by atoms with Gasteiger partial charge in [-0.25, -0.2) is 4.98 Å². The highest BCUT2D eigenvalue weighted by Crippen LogP contribution is 2.22. The van der Waals surface area contributed by atoms with Crippen molar-refractivity contribution in [2.45, 2.75) is 26.9 Å². The first-order chi connectivity index (χ1) is 14.6. The Kier molecular flexibility index (Phi) is 5.72. The molecule has 0 aliphatic rings. The number of imidazole rings is 1. The lowest BCUT2D eigenvalue weighted by Gasteiger charge is -2.15. The highest BCUT2D eigenvalue weighted by atomic mass is 35.5. The van der Waals surface area contributed by atoms with Crippen LogP contribution in [0.3, 0.4) is 0 Å². The molecule has 0 spiro atoms. The number of hydrogen-bond donors (Lipinski definition) is 1. The largest absolute Gasteiger partial charge is 0.494 e. The molecular weight excluding hydrogens is 402 g/mol. The molecule has 0 saturated carbocycles. The van der Waals surface area contributed by atoms with E-state index in [2.05, 4.69) is 15.3 Å². The lowest BCUT2D eigenvalue weighted by atomic mass is 10.2. The Morgan fingerprint density at radius 3 is 2.47 bits per heavy atom. The monoisotopic (exact) mass is 423 g/mol. The number of nitrogens with one attached hydrogen (secondary N) is 1. The molecule has 0 atom stereocenters. The zero-order valence-corrected chi connectivity index (χ0v) is 17.6. The summed E-state index contributed by atoms with van der Waals surface area (Å²) in [5, 5.41) is 3.93. The molecule has 2 heterocycles. The fraction of sp³-hybridized carbons (Fsp3) is 0.227. The summed E-state index contributed by atoms with van der Waals surface area (Å²) in [6.45, 7) is 5.64. The molecule has 1 N–H and O–H groups in total. The lowest BCUT2D eigenvalue weighted by molar-refractivity contribution is 0.340. The van der Waals surface area contributed by atoms with Crippen LogP contribution in [-0.4, -0.2) is 25.7 Å². The van der Waals surface area contributed by atoms with Crippen molar-refractivity contribution in [3.63, 3.8) is 0 Å². The zero-order chi connectivity index (χ0) is 21.1. The molecule has 4 aromatic rings. The van der Waals surface area contributed by atoms with E-state index >= 15 is 0 Å². The fourth-order valence-corrected chi connectivity index (χ4v) is 3.41. The van der Waals surface area contributed by atoms with E-state index in [0.717, 1.165) is 17.0 Å². The maximum Gasteiger partial charge on any atom is 0.300 e. The van der Waals surface area contributed by atoms with E-state index in [-0.39, 0.29) is 5.56 Å². The second-order valence-corrected chi connectivity index (χ2v) is 7.17. The van der Waals surface area contributed by atoms with Gasteiger partial charge < -0.3 is 14.6 Å². The Labute approximate surface area is 178 Å². The Morgan fingerprint density at radius 1 is 1.07 bits per heavy atom. The normalized spacial score (nSPS) is 11.0. The smallest absolute Gasteiger partial charge is 0.300 e. The minimum atomic E-state index is -0.315. The maximum absolute atomic E-state index is 12.8. The van der Waals surface area contributed by atoms with E-state index in [4.69, 9.17) is 16.3 Å². The first-order valence-corrected chi connectivity index (χ1v) is 10.2. The Morgan fingerprint density at radius 2 is 1.80 bits per heavy atom. The van der Waals surface area contributed by atoms with Gasteiger partial charge in [-0.1, -0.05) is 23.7 Å². The van der Waals surface area contributed by atoms with Crippen LogP contribution in [0.5, 0.6) is 5.75 Å². The summed E-state index contributed by atoms with van der Waals surface area (Å²) < 4.78 is 9.21. The number of nitrogens with zero attached hydrogens (tertiary/aromatic N) is 4. The Hall–Kier alpha value is -3.32. The molecule has 0 fully saturated rings. The second-order valence-electron chi connectivity index (χ2n) is 6.74. The number of hydrogen-bond acceptors (Lipinski definition) is 5. The molecule has 7 nitrogen and oxygen atoms in total. The van der Waals surface area contributed by atoms with Gasteiger partial charge in [-0.3, -0.25) is 9.36 Å². The molecule has 4 rings (SSSR count). The fourth-order valence-electron chi connectivity index (χ4n) is 3.29. The first-order valence-electron chi connectivity index (χ1n) is 9.79. The van der Waals surface area contributed by atoms with Crippen molar-refractivity contribution in [3.8, 4) is 5.75 Å². The number of benzene rings is 2. The topological polar surface area (TPSA) is 74.0 Å². The third-order valence-electron chi connectivity index (χ3n) is 4.76. The van der Waals surface area contributed by atoms with Crippen molar-refractivity contribution in [1.29, 1.82) is 0 Å². The van der Waals surface area contributed by atoms with Crippen LogP contribution in [0.4, 0.5) is 11.6 Å². The van der Waals surface area contributed by atoms with Crippen LogP contribution in [-0.2, 0) is 13.1 Å². The number of ether oxygens (including phenoxy) is 1. The highest BCUT2D eigenvalue weighted by molar-refractivity contribution is 6.30. The highest BCUT2D eigenvalue weighted by Gasteiger charge is 2.16. The van der Waals surface area contributed by atoms with Crippen molar-refractivity contribution < 1.29 is 4.74 Å². The maximum atomic E-state index is 12.8. The predicted octanol–water partition coefficient (Wildman–Crippen LogP) is 4.46. The number of rotatable bonds is 7. The summed E-state index contributed by atoms with van der Waals surface area (Å²) in [5.74, 6) is 1.21. The van der Waals surface area contributed by atoms with E-state index < -0.39 is 0 Å². The van der Waals surface area contributed by atoms with Crippen LogP contribution >= 0.6 is 11.6 Å². The van der Waals surface area contributed by atoms with Crippen LogP contribution in [0.25, 0.3) is 11.2 Å². The molecule has 8 heteroatoms. The van der Waals surface area contributed by atoms with Gasteiger partial charge in [0.25, 0.3) is 0 Å². The molecule has 0 amide bonds. The standard InChI is InChI=1S/C22H22ClN5O2/c1-3-27-14-24-20-19(27)21(29)26-22(25-17-9-11-18(12-10-17)30-4-2)28(20)13-15-5-7-16(23)8-6-15/h5-12,14H,3-4,13H2,1-2H3,(H,25,26,29). The molecule has 0 aliphatic carbocycles. The molecule has 30 heavy (non-hydrogen) atoms. The summed E-state index contributed by atoms with van der Waals surface area (Å²) in [7, 11) is 0. The summed E-state index contributed by atoms with van der Waals surface area (Å²) in [6, 6.07) is 15.1. The molecule has 0 aliphatic heterocycles. The van der Waals surface area contributed by atoms with Crippen LogP contribution < -0.4 is 15.6 Å². The molecule has 0 bridgehead atoms. The first kappa shape index (κ1) is 20.0. The Balaban J connectivity index is 1.78. The van der Waals surface area contributed by atoms with E-state index in [1.165, 1.54) is 0 Å². The van der Waals surface area contributed by atoms with Crippen molar-refractivity contribution >= 4 is 34.4 Å². The van der Waals surface area contributed by atoms with Crippen LogP contribution in [0, 0.1) is 0 Å². The van der Waals surface area contributed by atoms with Crippen molar-refractivity contribution in [2.24, 2.45) is 0 Å². The van der Waals surface area contributed by atoms with E-state index in [9.17, 15) is 4.79 Å². The molecule has 2 aromatic carbocycles. The van der Waals surface area contributed by atoms with Crippen LogP contribution in [0.1, 0.15) is 19.4 Å². The summed E-state index contributed by atoms with van der Waals surface area (Å²) in [4.78, 5) is 21.6. The minimum absolute atomic E-state index is 0.315. The SMILES string of the molecule is CCOc1ccc(Nc2nc(=O)c3c(ncn3CC)n2Cc2ccc(Cl)cc2)cc1. The number of aromatic nitrogens is 4. The van der Waals surface area contributed by atoms with Gasteiger partial charge >= 0.3 is 5.56 Å². The minimum Gasteiger partial charge on any atom is -0.494 e. The van der Waals surface area contributed by atoms with Crippen molar-refractivity contribution in [1.82, 2.24) is 19.1 Å². The summed E-state index contributed by atoms with van der Waals surface area (Å²) in [5.41, 5.74) is 2.57. The van der Waals surface area contributed by atoms with Crippen molar-refractivity contribution in [2.75, 3.05) is 11.9 Å². The van der Waals surface area contributed by atoms with Gasteiger partial charge in [0.05, 0.1) is 19.5 Å². The molecule has 0 saturated heterocycles. The number of fused-ring (bicyclic) bond motifs is 1. The Bertz CT molecular complexity index is 1210. The van der Waals surface area contributed by atoms with Crippen LogP contribution in [0.15, 0.2) is 59.7 Å². The third kappa shape index (κ3) is 4.02. The zero-order valence-electron chi connectivity index (χ0n) is 16.8. The average molecular weight is 424 g/mol. The quantitative estimate of drug-likeness (QED) is 0.475. The number of anilines is 2. The summed E-state index contributed by atoms with van der Waals surface area (Å²) >= 11 is 6.03. The summed E-state index contributed by atoms with van der Waals surface area (Å²) in [6.07, 6.45) is 1.67. The van der Waals surface area contributed by atoms with E-state index in [0.29, 0.717) is 41.8 Å². The van der Waals surface area contributed by atoms with Gasteiger partial charge in [-0.2, -0.15) is 4.98 Å². The van der Waals surface area contributed by atoms with Gasteiger partial charge in [0.2, 0.25) is 5.95 Å². The van der Waals surface area contributed by atoms with Gasteiger partial charge in [-0.15, -0.1) is 0 Å². The molecular formula is C22H22ClN5O2. The molecule has 0 radical (unpaired) electrons. The van der Waals surface area contributed by atoms with Gasteiger partial charge in [-0.05, 0) is 55.8 Å². The van der Waals surface area contributed by atoms with Gasteiger partial charge in [0, 0.05) is 17.3 Å². The van der Waals surface area contributed by atoms with Crippen LogP contribution in [0.2, 0.25) is 5.02 Å². The predicted molar refractivity (Wildman–Crippen MR) is 119 cm³/mol. The molecule has 154 valence electrons. The van der Waals surface area contributed by atoms with Crippen molar-refractivity contribution in [3.05, 3.63) is 75.8 Å². The van der Waals surface area contributed by atoms with E-state index in [1.807, 2.05) is 71.5 Å². The molecule has 2 aromatic heterocycles. The third-order valence-corrected chi connectivity index (χ3v) is 5.01. The number of halogens is 1. The van der Waals surface area contributed by atoms with Gasteiger partial charge in [0.1, 0.15) is 5.75 Å². The van der Waals surface area contributed by atoms with E-state index in [1.54, 1.807) is 6.33 Å². The lowest BCUT2D eigenvalue weighted by Crippen LogP contribution is -2.20. The molecule has 0 unspecified atom stereocenters. The second kappa shape index (κ2) is 8.59. The van der Waals surface area contributed by atoms with Gasteiger partial charge in [0.15, 0.2) is 11.2 Å². The number of aryl methyl sites for hydroxylation is 1. The average Bonchev–Trinajstić information content (AvgIpc) is 3.19.